The van der Waals surface area contributed by atoms with E-state index in [9.17, 15) is 13.2 Å². The molecule has 3 aromatic carbocycles. The van der Waals surface area contributed by atoms with E-state index in [-0.39, 0.29) is 29.4 Å². The van der Waals surface area contributed by atoms with Crippen LogP contribution in [0.5, 0.6) is 5.75 Å². The van der Waals surface area contributed by atoms with Gasteiger partial charge in [-0.15, -0.1) is 0 Å². The number of benzene rings is 3. The number of carbonyl (C=O) groups is 1. The van der Waals surface area contributed by atoms with Crippen molar-refractivity contribution in [2.75, 3.05) is 18.1 Å². The fraction of sp³-hybridized carbons (Fsp3) is 0.208. The molecule has 0 radical (unpaired) electrons. The number of rotatable bonds is 6. The molecule has 7 nitrogen and oxygen atoms in total. The Morgan fingerprint density at radius 1 is 1.06 bits per heavy atom. The number of fused-ring (bicyclic) bond motifs is 1. The summed E-state index contributed by atoms with van der Waals surface area (Å²) in [7, 11) is -3.74. The minimum absolute atomic E-state index is 0.0557. The molecule has 1 aliphatic heterocycles. The average molecular weight is 452 g/mol. The number of nitrogens with zero attached hydrogens (tertiary/aromatic N) is 1. The summed E-state index contributed by atoms with van der Waals surface area (Å²) in [5.41, 5.74) is 2.60. The molecule has 3 N–H and O–H groups in total. The lowest BCUT2D eigenvalue weighted by Crippen LogP contribution is -2.45. The summed E-state index contributed by atoms with van der Waals surface area (Å²) in [6.07, 6.45) is 0. The van der Waals surface area contributed by atoms with Crippen molar-refractivity contribution in [2.24, 2.45) is 5.14 Å². The summed E-state index contributed by atoms with van der Waals surface area (Å²) in [6, 6.07) is 23.3. The first kappa shape index (κ1) is 22.0. The van der Waals surface area contributed by atoms with Crippen LogP contribution in [0.4, 0.5) is 5.69 Å². The standard InChI is InChI=1S/C24H25N3O4S/c1-17(18-11-13-20(14-12-18)32(25,29)30)26-15-24(28)27-21-9-5-6-10-23(21)31-16-22(27)19-7-3-2-4-8-19/h2-14,17,22,26H,15-16H2,1H3,(H2,25,29,30)/t17-,22+/m1/s1. The van der Waals surface area contributed by atoms with Crippen LogP contribution in [0.2, 0.25) is 0 Å². The number of anilines is 1. The molecule has 2 atom stereocenters. The molecule has 0 aliphatic carbocycles. The summed E-state index contributed by atoms with van der Waals surface area (Å²) >= 11 is 0. The second-order valence-corrected chi connectivity index (χ2v) is 9.25. The minimum atomic E-state index is -3.74. The third-order valence-corrected chi connectivity index (χ3v) is 6.48. The van der Waals surface area contributed by atoms with E-state index in [0.717, 1.165) is 16.8 Å². The molecule has 1 aliphatic rings. The molecule has 0 saturated heterocycles. The van der Waals surface area contributed by atoms with Gasteiger partial charge in [0.15, 0.2) is 0 Å². The number of ether oxygens (including phenoxy) is 1. The lowest BCUT2D eigenvalue weighted by molar-refractivity contribution is -0.118. The maximum absolute atomic E-state index is 13.4. The Balaban J connectivity index is 1.52. The zero-order valence-corrected chi connectivity index (χ0v) is 18.5. The zero-order valence-electron chi connectivity index (χ0n) is 17.6. The van der Waals surface area contributed by atoms with E-state index in [1.807, 2.05) is 61.5 Å². The van der Waals surface area contributed by atoms with E-state index in [0.29, 0.717) is 12.4 Å². The highest BCUT2D eigenvalue weighted by Gasteiger charge is 2.33. The number of hydrogen-bond acceptors (Lipinski definition) is 5. The Hall–Kier alpha value is -3.20. The molecule has 8 heteroatoms. The van der Waals surface area contributed by atoms with Crippen molar-refractivity contribution >= 4 is 21.6 Å². The van der Waals surface area contributed by atoms with E-state index >= 15 is 0 Å². The van der Waals surface area contributed by atoms with Gasteiger partial charge in [-0.25, -0.2) is 13.6 Å². The van der Waals surface area contributed by atoms with E-state index < -0.39 is 10.0 Å². The van der Waals surface area contributed by atoms with Gasteiger partial charge in [-0.2, -0.15) is 0 Å². The predicted octanol–water partition coefficient (Wildman–Crippen LogP) is 3.15. The van der Waals surface area contributed by atoms with Crippen LogP contribution in [-0.4, -0.2) is 27.5 Å². The second kappa shape index (κ2) is 9.12. The largest absolute Gasteiger partial charge is 0.489 e. The zero-order chi connectivity index (χ0) is 22.7. The molecule has 0 unspecified atom stereocenters. The molecule has 3 aromatic rings. The molecular weight excluding hydrogens is 426 g/mol. The number of nitrogens with one attached hydrogen (secondary N) is 1. The van der Waals surface area contributed by atoms with Gasteiger partial charge in [0.05, 0.1) is 23.2 Å². The van der Waals surface area contributed by atoms with Crippen LogP contribution in [0.3, 0.4) is 0 Å². The monoisotopic (exact) mass is 451 g/mol. The van der Waals surface area contributed by atoms with Gasteiger partial charge < -0.3 is 10.1 Å². The molecule has 1 heterocycles. The lowest BCUT2D eigenvalue weighted by Gasteiger charge is -2.37. The summed E-state index contributed by atoms with van der Waals surface area (Å²) in [4.78, 5) is 15.2. The predicted molar refractivity (Wildman–Crippen MR) is 123 cm³/mol. The van der Waals surface area contributed by atoms with Crippen LogP contribution in [0.1, 0.15) is 30.1 Å². The fourth-order valence-electron chi connectivity index (χ4n) is 3.81. The number of para-hydroxylation sites is 2. The summed E-state index contributed by atoms with van der Waals surface area (Å²) in [5.74, 6) is 0.599. The minimum Gasteiger partial charge on any atom is -0.489 e. The van der Waals surface area contributed by atoms with Crippen LogP contribution in [0, 0.1) is 0 Å². The van der Waals surface area contributed by atoms with Crippen LogP contribution >= 0.6 is 0 Å². The van der Waals surface area contributed by atoms with Gasteiger partial charge in [-0.05, 0) is 42.3 Å². The quantitative estimate of drug-likeness (QED) is 0.600. The molecule has 0 spiro atoms. The average Bonchev–Trinajstić information content (AvgIpc) is 2.81. The molecule has 32 heavy (non-hydrogen) atoms. The van der Waals surface area contributed by atoms with Gasteiger partial charge in [0.2, 0.25) is 15.9 Å². The number of carbonyl (C=O) groups excluding carboxylic acids is 1. The first-order valence-corrected chi connectivity index (χ1v) is 11.8. The first-order valence-electron chi connectivity index (χ1n) is 10.3. The highest BCUT2D eigenvalue weighted by Crippen LogP contribution is 2.39. The Morgan fingerprint density at radius 2 is 1.72 bits per heavy atom. The highest BCUT2D eigenvalue weighted by atomic mass is 32.2. The third kappa shape index (κ3) is 4.67. The van der Waals surface area contributed by atoms with Crippen LogP contribution in [0.15, 0.2) is 83.8 Å². The van der Waals surface area contributed by atoms with Crippen molar-refractivity contribution in [3.05, 3.63) is 90.0 Å². The topological polar surface area (TPSA) is 102 Å². The Kier molecular flexibility index (Phi) is 6.27. The second-order valence-electron chi connectivity index (χ2n) is 7.69. The maximum atomic E-state index is 13.4. The Morgan fingerprint density at radius 3 is 2.41 bits per heavy atom. The number of nitrogens with two attached hydrogens (primary N) is 1. The van der Waals surface area contributed by atoms with Crippen molar-refractivity contribution < 1.29 is 17.9 Å². The third-order valence-electron chi connectivity index (χ3n) is 5.55. The van der Waals surface area contributed by atoms with Crippen molar-refractivity contribution in [3.8, 4) is 5.75 Å². The highest BCUT2D eigenvalue weighted by molar-refractivity contribution is 7.89. The molecule has 0 saturated carbocycles. The smallest absolute Gasteiger partial charge is 0.241 e. The van der Waals surface area contributed by atoms with Gasteiger partial charge in [-0.3, -0.25) is 9.69 Å². The van der Waals surface area contributed by atoms with E-state index in [2.05, 4.69) is 5.32 Å². The first-order chi connectivity index (χ1) is 15.3. The lowest BCUT2D eigenvalue weighted by atomic mass is 10.0. The van der Waals surface area contributed by atoms with Gasteiger partial charge in [0.25, 0.3) is 0 Å². The van der Waals surface area contributed by atoms with Crippen LogP contribution in [-0.2, 0) is 14.8 Å². The molecule has 166 valence electrons. The van der Waals surface area contributed by atoms with Crippen molar-refractivity contribution in [1.29, 1.82) is 0 Å². The van der Waals surface area contributed by atoms with Crippen molar-refractivity contribution in [3.63, 3.8) is 0 Å². The Labute approximate surface area is 187 Å². The van der Waals surface area contributed by atoms with E-state index in [1.54, 1.807) is 17.0 Å². The molecular formula is C24H25N3O4S. The van der Waals surface area contributed by atoms with Gasteiger partial charge >= 0.3 is 0 Å². The summed E-state index contributed by atoms with van der Waals surface area (Å²) in [5, 5.41) is 8.40. The molecule has 4 rings (SSSR count). The molecule has 1 amide bonds. The summed E-state index contributed by atoms with van der Waals surface area (Å²) in [6.45, 7) is 2.40. The SMILES string of the molecule is C[C@@H](NCC(=O)N1c2ccccc2OC[C@H]1c1ccccc1)c1ccc(S(N)(=O)=O)cc1. The Bertz CT molecular complexity index is 1200. The van der Waals surface area contributed by atoms with E-state index in [1.165, 1.54) is 12.1 Å². The number of sulfonamides is 1. The fourth-order valence-corrected chi connectivity index (χ4v) is 4.32. The van der Waals surface area contributed by atoms with Gasteiger partial charge in [0, 0.05) is 6.04 Å². The number of primary sulfonamides is 1. The van der Waals surface area contributed by atoms with Crippen LogP contribution in [0.25, 0.3) is 0 Å². The normalized spacial score (nSPS) is 16.7. The van der Waals surface area contributed by atoms with E-state index in [4.69, 9.17) is 9.88 Å². The number of hydrogen-bond donors (Lipinski definition) is 2. The van der Waals surface area contributed by atoms with Crippen molar-refractivity contribution in [2.45, 2.75) is 23.9 Å². The molecule has 0 aromatic heterocycles. The van der Waals surface area contributed by atoms with Gasteiger partial charge in [-0.1, -0.05) is 54.6 Å². The summed E-state index contributed by atoms with van der Waals surface area (Å²) < 4.78 is 28.8. The molecule has 0 fully saturated rings. The van der Waals surface area contributed by atoms with Crippen LogP contribution < -0.4 is 20.1 Å². The number of amides is 1. The molecule has 0 bridgehead atoms. The van der Waals surface area contributed by atoms with Crippen molar-refractivity contribution in [1.82, 2.24) is 5.32 Å². The maximum Gasteiger partial charge on any atom is 0.241 e. The van der Waals surface area contributed by atoms with Gasteiger partial charge in [0.1, 0.15) is 12.4 Å².